The molecule has 0 fully saturated rings. The molecule has 0 aliphatic carbocycles. The number of hydrogen-bond donors (Lipinski definition) is 0. The fourth-order valence-corrected chi connectivity index (χ4v) is 2.65. The van der Waals surface area contributed by atoms with Gasteiger partial charge in [0.1, 0.15) is 5.15 Å². The quantitative estimate of drug-likeness (QED) is 0.745. The van der Waals surface area contributed by atoms with Gasteiger partial charge in [0.2, 0.25) is 0 Å². The molecule has 0 atom stereocenters. The van der Waals surface area contributed by atoms with Crippen LogP contribution in [0.15, 0.2) is 41.3 Å². The second-order valence-corrected chi connectivity index (χ2v) is 5.82. The summed E-state index contributed by atoms with van der Waals surface area (Å²) in [6.45, 7) is 4.34. The molecular formula is C16H17ClN4O. The van der Waals surface area contributed by atoms with E-state index in [0.717, 1.165) is 22.6 Å². The van der Waals surface area contributed by atoms with Gasteiger partial charge in [0, 0.05) is 25.0 Å². The Morgan fingerprint density at radius 2 is 1.86 bits per heavy atom. The standard InChI is InChI=1S/C16H17ClN4O/c1-11-4-6-14(7-5-11)21-12(2)9-20(16(21)22)10-13-8-15(17)19(3)18-13/h4-9H,10H2,1-3H3. The van der Waals surface area contributed by atoms with Crippen molar-refractivity contribution in [2.45, 2.75) is 20.4 Å². The minimum atomic E-state index is -0.0804. The van der Waals surface area contributed by atoms with E-state index in [2.05, 4.69) is 5.10 Å². The van der Waals surface area contributed by atoms with Gasteiger partial charge in [0.25, 0.3) is 0 Å². The van der Waals surface area contributed by atoms with Gasteiger partial charge in [-0.2, -0.15) is 5.10 Å². The van der Waals surface area contributed by atoms with Crippen LogP contribution >= 0.6 is 11.6 Å². The van der Waals surface area contributed by atoms with Crippen molar-refractivity contribution >= 4 is 11.6 Å². The van der Waals surface area contributed by atoms with Gasteiger partial charge in [-0.1, -0.05) is 29.3 Å². The predicted octanol–water partition coefficient (Wildman–Crippen LogP) is 2.69. The van der Waals surface area contributed by atoms with E-state index in [9.17, 15) is 4.79 Å². The van der Waals surface area contributed by atoms with Crippen LogP contribution in [0.1, 0.15) is 17.0 Å². The van der Waals surface area contributed by atoms with E-state index in [1.165, 1.54) is 0 Å². The van der Waals surface area contributed by atoms with E-state index >= 15 is 0 Å². The second kappa shape index (κ2) is 5.50. The van der Waals surface area contributed by atoms with Gasteiger partial charge in [-0.05, 0) is 26.0 Å². The topological polar surface area (TPSA) is 44.8 Å². The fourth-order valence-electron chi connectivity index (χ4n) is 2.49. The molecule has 114 valence electrons. The molecule has 0 unspecified atom stereocenters. The Morgan fingerprint density at radius 1 is 1.18 bits per heavy atom. The van der Waals surface area contributed by atoms with Crippen LogP contribution in [0.25, 0.3) is 5.69 Å². The van der Waals surface area contributed by atoms with Gasteiger partial charge in [0.05, 0.1) is 17.9 Å². The van der Waals surface area contributed by atoms with E-state index in [4.69, 9.17) is 11.6 Å². The molecule has 6 heteroatoms. The van der Waals surface area contributed by atoms with Gasteiger partial charge >= 0.3 is 5.69 Å². The first-order valence-electron chi connectivity index (χ1n) is 7.00. The molecule has 0 bridgehead atoms. The SMILES string of the molecule is Cc1ccc(-n2c(C)cn(Cc3cc(Cl)n(C)n3)c2=O)cc1. The van der Waals surface area contributed by atoms with Crippen molar-refractivity contribution in [2.24, 2.45) is 7.05 Å². The van der Waals surface area contributed by atoms with Crippen LogP contribution < -0.4 is 5.69 Å². The summed E-state index contributed by atoms with van der Waals surface area (Å²) < 4.78 is 4.93. The van der Waals surface area contributed by atoms with Crippen molar-refractivity contribution in [1.82, 2.24) is 18.9 Å². The molecule has 0 amide bonds. The van der Waals surface area contributed by atoms with Crippen molar-refractivity contribution in [3.05, 3.63) is 69.1 Å². The Bertz CT molecular complexity index is 851. The van der Waals surface area contributed by atoms with Crippen LogP contribution in [-0.4, -0.2) is 18.9 Å². The lowest BCUT2D eigenvalue weighted by molar-refractivity contribution is 0.686. The van der Waals surface area contributed by atoms with Crippen LogP contribution in [0.2, 0.25) is 5.15 Å². The van der Waals surface area contributed by atoms with Crippen LogP contribution in [0.4, 0.5) is 0 Å². The molecule has 3 aromatic rings. The third-order valence-electron chi connectivity index (χ3n) is 3.63. The highest BCUT2D eigenvalue weighted by atomic mass is 35.5. The lowest BCUT2D eigenvalue weighted by atomic mass is 10.2. The van der Waals surface area contributed by atoms with E-state index in [0.29, 0.717) is 11.7 Å². The molecule has 0 aliphatic heterocycles. The molecule has 0 aliphatic rings. The molecule has 22 heavy (non-hydrogen) atoms. The van der Waals surface area contributed by atoms with E-state index in [1.807, 2.05) is 44.3 Å². The predicted molar refractivity (Wildman–Crippen MR) is 86.8 cm³/mol. The molecule has 5 nitrogen and oxygen atoms in total. The zero-order valence-electron chi connectivity index (χ0n) is 12.7. The van der Waals surface area contributed by atoms with Crippen molar-refractivity contribution in [1.29, 1.82) is 0 Å². The Balaban J connectivity index is 1.99. The largest absolute Gasteiger partial charge is 0.333 e. The Morgan fingerprint density at radius 3 is 2.45 bits per heavy atom. The average molecular weight is 317 g/mol. The number of rotatable bonds is 3. The summed E-state index contributed by atoms with van der Waals surface area (Å²) in [7, 11) is 1.78. The summed E-state index contributed by atoms with van der Waals surface area (Å²) in [5, 5.41) is 4.84. The first kappa shape index (κ1) is 14.7. The monoisotopic (exact) mass is 316 g/mol. The number of benzene rings is 1. The van der Waals surface area contributed by atoms with Crippen LogP contribution in [0.3, 0.4) is 0 Å². The molecule has 0 saturated carbocycles. The number of aryl methyl sites for hydroxylation is 3. The molecule has 2 heterocycles. The highest BCUT2D eigenvalue weighted by molar-refractivity contribution is 6.29. The fraction of sp³-hybridized carbons (Fsp3) is 0.250. The summed E-state index contributed by atoms with van der Waals surface area (Å²) in [6, 6.07) is 9.66. The summed E-state index contributed by atoms with van der Waals surface area (Å²) in [4.78, 5) is 12.6. The third kappa shape index (κ3) is 2.60. The summed E-state index contributed by atoms with van der Waals surface area (Å²) in [5.74, 6) is 0. The number of aromatic nitrogens is 4. The first-order chi connectivity index (χ1) is 10.5. The lowest BCUT2D eigenvalue weighted by Gasteiger charge is -2.04. The van der Waals surface area contributed by atoms with Crippen LogP contribution in [0.5, 0.6) is 0 Å². The van der Waals surface area contributed by atoms with Crippen LogP contribution in [-0.2, 0) is 13.6 Å². The zero-order valence-corrected chi connectivity index (χ0v) is 13.5. The molecular weight excluding hydrogens is 300 g/mol. The smallest absolute Gasteiger partial charge is 0.293 e. The summed E-state index contributed by atoms with van der Waals surface area (Å²) >= 11 is 5.99. The summed E-state index contributed by atoms with van der Waals surface area (Å²) in [6.07, 6.45) is 1.84. The van der Waals surface area contributed by atoms with Crippen LogP contribution in [0, 0.1) is 13.8 Å². The minimum Gasteiger partial charge on any atom is -0.293 e. The molecule has 0 spiro atoms. The van der Waals surface area contributed by atoms with Crippen molar-refractivity contribution in [3.63, 3.8) is 0 Å². The van der Waals surface area contributed by atoms with Gasteiger partial charge in [-0.3, -0.25) is 13.8 Å². The van der Waals surface area contributed by atoms with Gasteiger partial charge in [-0.15, -0.1) is 0 Å². The Kier molecular flexibility index (Phi) is 3.66. The van der Waals surface area contributed by atoms with Gasteiger partial charge in [-0.25, -0.2) is 4.79 Å². The maximum atomic E-state index is 12.6. The first-order valence-corrected chi connectivity index (χ1v) is 7.38. The van der Waals surface area contributed by atoms with E-state index in [-0.39, 0.29) is 5.69 Å². The minimum absolute atomic E-state index is 0.0804. The normalized spacial score (nSPS) is 11.1. The van der Waals surface area contributed by atoms with E-state index < -0.39 is 0 Å². The number of imidazole rings is 1. The molecule has 0 radical (unpaired) electrons. The van der Waals surface area contributed by atoms with Crippen molar-refractivity contribution in [3.8, 4) is 5.69 Å². The maximum Gasteiger partial charge on any atom is 0.333 e. The highest BCUT2D eigenvalue weighted by Crippen LogP contribution is 2.13. The average Bonchev–Trinajstić information content (AvgIpc) is 2.92. The third-order valence-corrected chi connectivity index (χ3v) is 3.98. The molecule has 2 aromatic heterocycles. The van der Waals surface area contributed by atoms with E-state index in [1.54, 1.807) is 26.9 Å². The maximum absolute atomic E-state index is 12.6. The Labute approximate surface area is 133 Å². The second-order valence-electron chi connectivity index (χ2n) is 5.43. The number of hydrogen-bond acceptors (Lipinski definition) is 2. The lowest BCUT2D eigenvalue weighted by Crippen LogP contribution is -2.24. The van der Waals surface area contributed by atoms with Gasteiger partial charge < -0.3 is 0 Å². The molecule has 0 N–H and O–H groups in total. The zero-order chi connectivity index (χ0) is 15.9. The molecule has 3 rings (SSSR count). The van der Waals surface area contributed by atoms with Gasteiger partial charge in [0.15, 0.2) is 0 Å². The number of nitrogens with zero attached hydrogens (tertiary/aromatic N) is 4. The molecule has 0 saturated heterocycles. The summed E-state index contributed by atoms with van der Waals surface area (Å²) in [5.41, 5.74) is 3.59. The van der Waals surface area contributed by atoms with Crippen molar-refractivity contribution < 1.29 is 0 Å². The number of halogens is 1. The van der Waals surface area contributed by atoms with Crippen molar-refractivity contribution in [2.75, 3.05) is 0 Å². The Hall–Kier alpha value is -2.27. The molecule has 1 aromatic carbocycles. The highest BCUT2D eigenvalue weighted by Gasteiger charge is 2.12.